The highest BCUT2D eigenvalue weighted by Crippen LogP contribution is 2.58. The minimum atomic E-state index is -0.724. The summed E-state index contributed by atoms with van der Waals surface area (Å²) in [4.78, 5) is 0. The maximum absolute atomic E-state index is 2.62. The molecule has 2 heteroatoms. The lowest BCUT2D eigenvalue weighted by Gasteiger charge is -2.38. The molecule has 2 rings (SSSR count). The maximum atomic E-state index is 2.62. The van der Waals surface area contributed by atoms with E-state index in [1.165, 1.54) is 37.9 Å². The van der Waals surface area contributed by atoms with Crippen molar-refractivity contribution in [3.63, 3.8) is 0 Å². The van der Waals surface area contributed by atoms with Crippen LogP contribution in [-0.2, 0) is 0 Å². The molecule has 1 saturated carbocycles. The van der Waals surface area contributed by atoms with Crippen molar-refractivity contribution >= 4 is 10.2 Å². The molecular formula is C14H25NS. The van der Waals surface area contributed by atoms with Crippen LogP contribution in [0, 0.1) is 5.92 Å². The van der Waals surface area contributed by atoms with Crippen LogP contribution >= 0.6 is 10.2 Å². The standard InChI is InChI=1S/C14H25NS/c1-4-10-16(15(2)3)11-9-14(12-16)13-7-5-6-8-13/h9,11-13H,4-8,10H2,1-3H3. The van der Waals surface area contributed by atoms with E-state index in [0.717, 1.165) is 5.92 Å². The Morgan fingerprint density at radius 3 is 2.56 bits per heavy atom. The fourth-order valence-corrected chi connectivity index (χ4v) is 5.81. The first-order valence-electron chi connectivity index (χ1n) is 6.56. The van der Waals surface area contributed by atoms with E-state index in [-0.39, 0.29) is 0 Å². The van der Waals surface area contributed by atoms with Crippen molar-refractivity contribution in [2.75, 3.05) is 19.8 Å². The van der Waals surface area contributed by atoms with Crippen molar-refractivity contribution in [1.29, 1.82) is 0 Å². The number of allylic oxidation sites excluding steroid dienone is 2. The van der Waals surface area contributed by atoms with E-state index < -0.39 is 10.2 Å². The molecule has 2 aliphatic rings. The number of nitrogens with zero attached hydrogens (tertiary/aromatic N) is 1. The van der Waals surface area contributed by atoms with E-state index >= 15 is 0 Å². The molecule has 1 heterocycles. The average molecular weight is 239 g/mol. The zero-order valence-electron chi connectivity index (χ0n) is 10.9. The minimum Gasteiger partial charge on any atom is -0.267 e. The first kappa shape index (κ1) is 12.3. The van der Waals surface area contributed by atoms with Crippen LogP contribution in [0.5, 0.6) is 0 Å². The second kappa shape index (κ2) is 4.97. The van der Waals surface area contributed by atoms with Gasteiger partial charge in [-0.15, -0.1) is 10.2 Å². The monoisotopic (exact) mass is 239 g/mol. The molecule has 92 valence electrons. The summed E-state index contributed by atoms with van der Waals surface area (Å²) < 4.78 is 2.45. The quantitative estimate of drug-likeness (QED) is 0.708. The van der Waals surface area contributed by atoms with Crippen LogP contribution in [0.1, 0.15) is 39.0 Å². The first-order chi connectivity index (χ1) is 7.68. The molecule has 1 atom stereocenters. The molecule has 0 radical (unpaired) electrons. The van der Waals surface area contributed by atoms with Gasteiger partial charge in [-0.1, -0.05) is 25.8 Å². The zero-order valence-corrected chi connectivity index (χ0v) is 11.7. The van der Waals surface area contributed by atoms with E-state index in [1.807, 2.05) is 0 Å². The Morgan fingerprint density at radius 1 is 1.31 bits per heavy atom. The van der Waals surface area contributed by atoms with E-state index in [1.54, 1.807) is 5.57 Å². The summed E-state index contributed by atoms with van der Waals surface area (Å²) in [5.41, 5.74) is 1.65. The zero-order chi connectivity index (χ0) is 11.6. The van der Waals surface area contributed by atoms with Crippen LogP contribution in [0.25, 0.3) is 0 Å². The summed E-state index contributed by atoms with van der Waals surface area (Å²) in [6.45, 7) is 2.30. The Balaban J connectivity index is 2.15. The Bertz CT molecular complexity index is 300. The van der Waals surface area contributed by atoms with Gasteiger partial charge < -0.3 is 0 Å². The molecule has 0 aromatic carbocycles. The van der Waals surface area contributed by atoms with Crippen LogP contribution in [-0.4, -0.2) is 24.2 Å². The summed E-state index contributed by atoms with van der Waals surface area (Å²) in [6, 6.07) is 0. The van der Waals surface area contributed by atoms with Crippen LogP contribution in [0.4, 0.5) is 0 Å². The summed E-state index contributed by atoms with van der Waals surface area (Å²) in [5, 5.41) is 5.12. The highest BCUT2D eigenvalue weighted by atomic mass is 32.3. The summed E-state index contributed by atoms with van der Waals surface area (Å²) >= 11 is 0. The fourth-order valence-electron chi connectivity index (χ4n) is 2.87. The molecule has 0 saturated heterocycles. The lowest BCUT2D eigenvalue weighted by Crippen LogP contribution is -2.17. The second-order valence-corrected chi connectivity index (χ2v) is 8.49. The van der Waals surface area contributed by atoms with Crippen molar-refractivity contribution in [2.24, 2.45) is 5.92 Å². The van der Waals surface area contributed by atoms with Crippen LogP contribution < -0.4 is 0 Å². The van der Waals surface area contributed by atoms with Crippen molar-refractivity contribution in [2.45, 2.75) is 39.0 Å². The molecule has 1 nitrogen and oxygen atoms in total. The van der Waals surface area contributed by atoms with Crippen LogP contribution in [0.2, 0.25) is 0 Å². The predicted molar refractivity (Wildman–Crippen MR) is 75.6 cm³/mol. The van der Waals surface area contributed by atoms with Gasteiger partial charge in [0.05, 0.1) is 0 Å². The molecule has 0 spiro atoms. The smallest absolute Gasteiger partial charge is 0.00375 e. The van der Waals surface area contributed by atoms with Gasteiger partial charge in [-0.05, 0) is 61.4 Å². The third-order valence-electron chi connectivity index (χ3n) is 3.87. The molecule has 0 amide bonds. The molecule has 16 heavy (non-hydrogen) atoms. The Morgan fingerprint density at radius 2 is 2.00 bits per heavy atom. The van der Waals surface area contributed by atoms with Crippen LogP contribution in [0.15, 0.2) is 22.5 Å². The molecule has 1 fully saturated rings. The summed E-state index contributed by atoms with van der Waals surface area (Å²) in [5.74, 6) is 2.20. The van der Waals surface area contributed by atoms with Gasteiger partial charge in [0.2, 0.25) is 0 Å². The maximum Gasteiger partial charge on any atom is -0.00375 e. The van der Waals surface area contributed by atoms with Gasteiger partial charge in [-0.2, -0.15) is 0 Å². The Kier molecular flexibility index (Phi) is 3.81. The number of hydrogen-bond acceptors (Lipinski definition) is 1. The molecule has 0 N–H and O–H groups in total. The van der Waals surface area contributed by atoms with Crippen molar-refractivity contribution in [1.82, 2.24) is 4.31 Å². The molecule has 0 aromatic rings. The molecule has 1 aliphatic heterocycles. The van der Waals surface area contributed by atoms with Gasteiger partial charge in [0.1, 0.15) is 0 Å². The van der Waals surface area contributed by atoms with E-state index in [0.29, 0.717) is 0 Å². The van der Waals surface area contributed by atoms with Crippen LogP contribution in [0.3, 0.4) is 0 Å². The van der Waals surface area contributed by atoms with Gasteiger partial charge in [-0.3, -0.25) is 4.31 Å². The predicted octanol–water partition coefficient (Wildman–Crippen LogP) is 4.28. The lowest BCUT2D eigenvalue weighted by molar-refractivity contribution is 0.658. The van der Waals surface area contributed by atoms with Gasteiger partial charge >= 0.3 is 0 Å². The minimum absolute atomic E-state index is 0.724. The van der Waals surface area contributed by atoms with E-state index in [9.17, 15) is 0 Å². The highest BCUT2D eigenvalue weighted by molar-refractivity contribution is 8.36. The lowest BCUT2D eigenvalue weighted by atomic mass is 9.99. The van der Waals surface area contributed by atoms with E-state index in [4.69, 9.17) is 0 Å². The summed E-state index contributed by atoms with van der Waals surface area (Å²) in [7, 11) is 3.76. The Hall–Kier alpha value is -0.210. The summed E-state index contributed by atoms with van der Waals surface area (Å²) in [6.07, 6.45) is 9.44. The number of rotatable bonds is 4. The Labute approximate surface area is 102 Å². The third-order valence-corrected chi connectivity index (χ3v) is 7.58. The molecule has 1 unspecified atom stereocenters. The van der Waals surface area contributed by atoms with Gasteiger partial charge in [0.15, 0.2) is 0 Å². The van der Waals surface area contributed by atoms with E-state index in [2.05, 4.69) is 42.2 Å². The first-order valence-corrected chi connectivity index (χ1v) is 8.45. The van der Waals surface area contributed by atoms with Gasteiger partial charge in [-0.25, -0.2) is 0 Å². The topological polar surface area (TPSA) is 3.24 Å². The average Bonchev–Trinajstić information content (AvgIpc) is 2.84. The van der Waals surface area contributed by atoms with Crippen molar-refractivity contribution < 1.29 is 0 Å². The fraction of sp³-hybridized carbons (Fsp3) is 0.714. The highest BCUT2D eigenvalue weighted by Gasteiger charge is 2.28. The van der Waals surface area contributed by atoms with Crippen molar-refractivity contribution in [3.05, 3.63) is 22.5 Å². The molecule has 0 bridgehead atoms. The second-order valence-electron chi connectivity index (χ2n) is 5.23. The molecule has 1 aliphatic carbocycles. The van der Waals surface area contributed by atoms with Crippen molar-refractivity contribution in [3.8, 4) is 0 Å². The largest absolute Gasteiger partial charge is 0.267 e. The SMILES string of the molecule is CCCS1(N(C)C)C=CC(C2CCCC2)=C1. The third kappa shape index (κ3) is 2.23. The normalized spacial score (nSPS) is 34.4. The van der Waals surface area contributed by atoms with Gasteiger partial charge in [0, 0.05) is 0 Å². The molecular weight excluding hydrogens is 214 g/mol. The number of hydrogen-bond donors (Lipinski definition) is 0. The van der Waals surface area contributed by atoms with Gasteiger partial charge in [0.25, 0.3) is 0 Å². The molecule has 0 aromatic heterocycles.